The molecule has 0 unspecified atom stereocenters. The highest BCUT2D eigenvalue weighted by Gasteiger charge is 2.22. The number of fused-ring (bicyclic) bond motifs is 1. The zero-order valence-electron chi connectivity index (χ0n) is 17.2. The lowest BCUT2D eigenvalue weighted by atomic mass is 9.98. The predicted molar refractivity (Wildman–Crippen MR) is 122 cm³/mol. The van der Waals surface area contributed by atoms with Crippen molar-refractivity contribution >= 4 is 29.3 Å². The van der Waals surface area contributed by atoms with E-state index in [1.807, 2.05) is 53.4 Å². The average molecular weight is 427 g/mol. The van der Waals surface area contributed by atoms with Crippen molar-refractivity contribution in [3.8, 4) is 0 Å². The molecule has 7 heteroatoms. The molecule has 3 aromatic carbocycles. The second kappa shape index (κ2) is 9.26. The number of nitro groups is 1. The van der Waals surface area contributed by atoms with Gasteiger partial charge in [0.15, 0.2) is 0 Å². The van der Waals surface area contributed by atoms with E-state index < -0.39 is 4.92 Å². The number of nitro benzene ring substituents is 1. The first-order valence-electron chi connectivity index (χ1n) is 10.2. The number of non-ortho nitro benzene ring substituents is 1. The monoisotopic (exact) mass is 427 g/mol. The van der Waals surface area contributed by atoms with Crippen molar-refractivity contribution in [2.75, 3.05) is 11.9 Å². The van der Waals surface area contributed by atoms with E-state index in [1.165, 1.54) is 23.8 Å². The molecule has 0 saturated heterocycles. The van der Waals surface area contributed by atoms with Crippen LogP contribution in [0.4, 0.5) is 11.4 Å². The molecule has 1 aliphatic rings. The fraction of sp³-hybridized carbons (Fsp3) is 0.120. The summed E-state index contributed by atoms with van der Waals surface area (Å²) in [6, 6.07) is 20.9. The molecule has 0 aromatic heterocycles. The Kier molecular flexibility index (Phi) is 6.07. The summed E-state index contributed by atoms with van der Waals surface area (Å²) in [6.07, 6.45) is 3.74. The number of rotatable bonds is 5. The number of carbonyl (C=O) groups is 2. The molecule has 0 aliphatic carbocycles. The molecule has 0 radical (unpaired) electrons. The minimum atomic E-state index is -0.467. The Morgan fingerprint density at radius 1 is 0.969 bits per heavy atom. The first kappa shape index (κ1) is 21.0. The van der Waals surface area contributed by atoms with Crippen LogP contribution in [0.3, 0.4) is 0 Å². The first-order valence-corrected chi connectivity index (χ1v) is 10.2. The summed E-state index contributed by atoms with van der Waals surface area (Å²) in [6.45, 7) is 1.15. The third kappa shape index (κ3) is 4.89. The van der Waals surface area contributed by atoms with Crippen molar-refractivity contribution < 1.29 is 14.5 Å². The third-order valence-electron chi connectivity index (χ3n) is 5.33. The van der Waals surface area contributed by atoms with Crippen molar-refractivity contribution in [1.29, 1.82) is 0 Å². The van der Waals surface area contributed by atoms with E-state index >= 15 is 0 Å². The maximum Gasteiger partial charge on any atom is 0.269 e. The van der Waals surface area contributed by atoms with Crippen molar-refractivity contribution in [3.63, 3.8) is 0 Å². The fourth-order valence-electron chi connectivity index (χ4n) is 3.63. The van der Waals surface area contributed by atoms with Crippen LogP contribution < -0.4 is 5.32 Å². The van der Waals surface area contributed by atoms with Gasteiger partial charge in [0.25, 0.3) is 11.6 Å². The van der Waals surface area contributed by atoms with E-state index in [0.29, 0.717) is 29.9 Å². The second-order valence-corrected chi connectivity index (χ2v) is 7.50. The molecular weight excluding hydrogens is 406 g/mol. The van der Waals surface area contributed by atoms with Gasteiger partial charge in [-0.2, -0.15) is 0 Å². The average Bonchev–Trinajstić information content (AvgIpc) is 2.82. The largest absolute Gasteiger partial charge is 0.334 e. The second-order valence-electron chi connectivity index (χ2n) is 7.50. The van der Waals surface area contributed by atoms with Crippen LogP contribution >= 0.6 is 0 Å². The molecule has 0 fully saturated rings. The zero-order valence-corrected chi connectivity index (χ0v) is 17.2. The smallest absolute Gasteiger partial charge is 0.269 e. The van der Waals surface area contributed by atoms with Crippen LogP contribution in [0.5, 0.6) is 0 Å². The molecule has 0 saturated carbocycles. The molecule has 7 nitrogen and oxygen atoms in total. The number of anilines is 1. The molecule has 0 bridgehead atoms. The van der Waals surface area contributed by atoms with Crippen LogP contribution in [0.2, 0.25) is 0 Å². The molecule has 2 amide bonds. The van der Waals surface area contributed by atoms with Gasteiger partial charge in [-0.05, 0) is 65.6 Å². The van der Waals surface area contributed by atoms with Crippen LogP contribution in [0, 0.1) is 10.1 Å². The highest BCUT2D eigenvalue weighted by molar-refractivity contribution is 6.02. The summed E-state index contributed by atoms with van der Waals surface area (Å²) in [4.78, 5) is 37.1. The summed E-state index contributed by atoms with van der Waals surface area (Å²) in [5, 5.41) is 13.5. The quantitative estimate of drug-likeness (QED) is 0.370. The Balaban J connectivity index is 1.41. The summed E-state index contributed by atoms with van der Waals surface area (Å²) < 4.78 is 0. The summed E-state index contributed by atoms with van der Waals surface area (Å²) in [7, 11) is 0. The lowest BCUT2D eigenvalue weighted by molar-refractivity contribution is -0.384. The van der Waals surface area contributed by atoms with Gasteiger partial charge >= 0.3 is 0 Å². The van der Waals surface area contributed by atoms with Crippen LogP contribution in [-0.2, 0) is 17.8 Å². The maximum absolute atomic E-state index is 12.8. The molecule has 32 heavy (non-hydrogen) atoms. The van der Waals surface area contributed by atoms with Crippen LogP contribution in [0.25, 0.3) is 6.08 Å². The Hall–Kier alpha value is -4.26. The molecule has 1 aliphatic heterocycles. The van der Waals surface area contributed by atoms with Crippen LogP contribution in [-0.4, -0.2) is 28.2 Å². The van der Waals surface area contributed by atoms with E-state index in [9.17, 15) is 19.7 Å². The van der Waals surface area contributed by atoms with Gasteiger partial charge in [-0.25, -0.2) is 0 Å². The van der Waals surface area contributed by atoms with E-state index in [0.717, 1.165) is 12.0 Å². The molecule has 1 N–H and O–H groups in total. The number of nitrogens with zero attached hydrogens (tertiary/aromatic N) is 2. The highest BCUT2D eigenvalue weighted by Crippen LogP contribution is 2.24. The molecule has 3 aromatic rings. The first-order chi connectivity index (χ1) is 15.5. The summed E-state index contributed by atoms with van der Waals surface area (Å²) >= 11 is 0. The van der Waals surface area contributed by atoms with Gasteiger partial charge in [-0.1, -0.05) is 24.3 Å². The molecule has 4 rings (SSSR count). The van der Waals surface area contributed by atoms with Gasteiger partial charge in [0.05, 0.1) is 4.92 Å². The molecule has 1 heterocycles. The van der Waals surface area contributed by atoms with E-state index in [2.05, 4.69) is 5.32 Å². The van der Waals surface area contributed by atoms with Gasteiger partial charge in [0.1, 0.15) is 0 Å². The van der Waals surface area contributed by atoms with Crippen molar-refractivity contribution in [1.82, 2.24) is 4.90 Å². The predicted octanol–water partition coefficient (Wildman–Crippen LogP) is 4.45. The lowest BCUT2D eigenvalue weighted by Crippen LogP contribution is -2.36. The molecular formula is C25H21N3O4. The number of nitrogens with one attached hydrogen (secondary N) is 1. The van der Waals surface area contributed by atoms with Crippen LogP contribution in [0.15, 0.2) is 78.9 Å². The number of carbonyl (C=O) groups excluding carboxylic acids is 2. The summed E-state index contributed by atoms with van der Waals surface area (Å²) in [5.74, 6) is -0.312. The Morgan fingerprint density at radius 3 is 2.44 bits per heavy atom. The fourth-order valence-corrected chi connectivity index (χ4v) is 3.63. The number of benzene rings is 3. The van der Waals surface area contributed by atoms with E-state index in [-0.39, 0.29) is 17.5 Å². The zero-order chi connectivity index (χ0) is 22.5. The SMILES string of the molecule is O=C(/C=C/c1ccc([N+](=O)[O-])cc1)Nc1ccc2c(c1)CN(C(=O)c1ccccc1)CC2. The van der Waals surface area contributed by atoms with Gasteiger partial charge in [-0.15, -0.1) is 0 Å². The molecule has 160 valence electrons. The Labute approximate surface area is 185 Å². The number of hydrogen-bond donors (Lipinski definition) is 1. The third-order valence-corrected chi connectivity index (χ3v) is 5.33. The number of hydrogen-bond acceptors (Lipinski definition) is 4. The van der Waals surface area contributed by atoms with Gasteiger partial charge < -0.3 is 10.2 Å². The summed E-state index contributed by atoms with van der Waals surface area (Å²) in [5.41, 5.74) is 4.18. The van der Waals surface area contributed by atoms with Gasteiger partial charge in [-0.3, -0.25) is 19.7 Å². The Morgan fingerprint density at radius 2 is 1.72 bits per heavy atom. The maximum atomic E-state index is 12.8. The van der Waals surface area contributed by atoms with Crippen molar-refractivity contribution in [3.05, 3.63) is 111 Å². The topological polar surface area (TPSA) is 92.5 Å². The van der Waals surface area contributed by atoms with Gasteiger partial charge in [0.2, 0.25) is 5.91 Å². The minimum absolute atomic E-state index is 0.000417. The minimum Gasteiger partial charge on any atom is -0.334 e. The highest BCUT2D eigenvalue weighted by atomic mass is 16.6. The lowest BCUT2D eigenvalue weighted by Gasteiger charge is -2.29. The molecule has 0 spiro atoms. The van der Waals surface area contributed by atoms with E-state index in [1.54, 1.807) is 18.2 Å². The van der Waals surface area contributed by atoms with E-state index in [4.69, 9.17) is 0 Å². The van der Waals surface area contributed by atoms with Crippen LogP contribution in [0.1, 0.15) is 27.0 Å². The normalized spacial score (nSPS) is 12.9. The molecule has 0 atom stereocenters. The van der Waals surface area contributed by atoms with Crippen molar-refractivity contribution in [2.45, 2.75) is 13.0 Å². The van der Waals surface area contributed by atoms with Gasteiger partial charge in [0, 0.05) is 42.5 Å². The standard InChI is InChI=1S/C25H21N3O4/c29-24(13-8-18-6-11-23(12-7-18)28(31)32)26-22-10-9-19-14-15-27(17-21(19)16-22)25(30)20-4-2-1-3-5-20/h1-13,16H,14-15,17H2,(H,26,29)/b13-8+. The number of amides is 2. The Bertz CT molecular complexity index is 1190. The van der Waals surface area contributed by atoms with Crippen molar-refractivity contribution in [2.24, 2.45) is 0 Å².